The molecule has 8 heteroatoms. The van der Waals surface area contributed by atoms with Crippen molar-refractivity contribution < 1.29 is 10.0 Å². The number of nitro groups is 1. The normalized spacial score (nSPS) is 12.3. The van der Waals surface area contributed by atoms with E-state index in [1.54, 1.807) is 12.1 Å². The standard InChI is InChI=1S/C11H11N3O3S2/c1-7-12-13-11(19-7)18-6-10(15)8-3-2-4-9(5-8)14(16)17/h2-5,10,15H,6H2,1H3. The molecule has 1 heterocycles. The summed E-state index contributed by atoms with van der Waals surface area (Å²) in [7, 11) is 0. The minimum Gasteiger partial charge on any atom is -0.388 e. The Morgan fingerprint density at radius 3 is 2.95 bits per heavy atom. The van der Waals surface area contributed by atoms with Crippen LogP contribution in [0.3, 0.4) is 0 Å². The van der Waals surface area contributed by atoms with Crippen LogP contribution in [0.25, 0.3) is 0 Å². The second-order valence-corrected chi connectivity index (χ2v) is 6.21. The first kappa shape index (κ1) is 13.9. The van der Waals surface area contributed by atoms with Crippen molar-refractivity contribution in [1.29, 1.82) is 0 Å². The lowest BCUT2D eigenvalue weighted by molar-refractivity contribution is -0.385. The topological polar surface area (TPSA) is 89.2 Å². The van der Waals surface area contributed by atoms with E-state index >= 15 is 0 Å². The maximum atomic E-state index is 10.7. The monoisotopic (exact) mass is 297 g/mol. The molecule has 1 aromatic carbocycles. The molecule has 0 aliphatic carbocycles. The summed E-state index contributed by atoms with van der Waals surface area (Å²) in [6, 6.07) is 6.02. The Bertz CT molecular complexity index is 588. The first-order chi connectivity index (χ1) is 9.06. The Balaban J connectivity index is 2.01. The second-order valence-electron chi connectivity index (χ2n) is 3.77. The predicted molar refractivity (Wildman–Crippen MR) is 73.4 cm³/mol. The van der Waals surface area contributed by atoms with Crippen LogP contribution in [0.5, 0.6) is 0 Å². The molecule has 0 amide bonds. The van der Waals surface area contributed by atoms with E-state index in [9.17, 15) is 15.2 Å². The van der Waals surface area contributed by atoms with E-state index in [2.05, 4.69) is 10.2 Å². The van der Waals surface area contributed by atoms with Crippen molar-refractivity contribution in [3.8, 4) is 0 Å². The van der Waals surface area contributed by atoms with Crippen LogP contribution < -0.4 is 0 Å². The van der Waals surface area contributed by atoms with E-state index in [4.69, 9.17) is 0 Å². The highest BCUT2D eigenvalue weighted by Gasteiger charge is 2.13. The first-order valence-corrected chi connectivity index (χ1v) is 7.22. The third kappa shape index (κ3) is 3.72. The molecule has 2 aromatic rings. The minimum atomic E-state index is -0.769. The fraction of sp³-hybridized carbons (Fsp3) is 0.273. The number of hydrogen-bond donors (Lipinski definition) is 1. The number of hydrogen-bond acceptors (Lipinski definition) is 7. The quantitative estimate of drug-likeness (QED) is 0.518. The maximum Gasteiger partial charge on any atom is 0.269 e. The number of nitro benzene ring substituents is 1. The highest BCUT2D eigenvalue weighted by atomic mass is 32.2. The highest BCUT2D eigenvalue weighted by Crippen LogP contribution is 2.28. The summed E-state index contributed by atoms with van der Waals surface area (Å²) in [6.07, 6.45) is -0.769. The summed E-state index contributed by atoms with van der Waals surface area (Å²) in [5.74, 6) is 0.385. The molecule has 100 valence electrons. The molecule has 2 rings (SSSR count). The van der Waals surface area contributed by atoms with Gasteiger partial charge in [-0.05, 0) is 12.5 Å². The Labute approximate surface area is 117 Å². The largest absolute Gasteiger partial charge is 0.388 e. The SMILES string of the molecule is Cc1nnc(SCC(O)c2cccc([N+](=O)[O-])c2)s1. The van der Waals surface area contributed by atoms with Crippen molar-refractivity contribution in [3.05, 3.63) is 45.0 Å². The van der Waals surface area contributed by atoms with Gasteiger partial charge in [0.25, 0.3) is 5.69 Å². The Kier molecular flexibility index (Phi) is 4.46. The third-order valence-electron chi connectivity index (χ3n) is 2.34. The molecule has 19 heavy (non-hydrogen) atoms. The molecule has 0 saturated heterocycles. The van der Waals surface area contributed by atoms with E-state index in [1.807, 2.05) is 6.92 Å². The van der Waals surface area contributed by atoms with E-state index in [0.29, 0.717) is 11.3 Å². The number of aryl methyl sites for hydroxylation is 1. The molecule has 1 atom stereocenters. The van der Waals surface area contributed by atoms with Crippen LogP contribution in [0.4, 0.5) is 5.69 Å². The number of nitrogens with zero attached hydrogens (tertiary/aromatic N) is 3. The fourth-order valence-electron chi connectivity index (χ4n) is 1.43. The number of rotatable bonds is 5. The van der Waals surface area contributed by atoms with Gasteiger partial charge in [-0.25, -0.2) is 0 Å². The Morgan fingerprint density at radius 1 is 1.53 bits per heavy atom. The second kappa shape index (κ2) is 6.09. The zero-order valence-electron chi connectivity index (χ0n) is 10.0. The molecule has 0 spiro atoms. The van der Waals surface area contributed by atoms with Crippen LogP contribution >= 0.6 is 23.1 Å². The summed E-state index contributed by atoms with van der Waals surface area (Å²) in [5, 5.41) is 29.4. The van der Waals surface area contributed by atoms with Gasteiger partial charge in [-0.2, -0.15) is 0 Å². The molecule has 0 aliphatic rings. The average Bonchev–Trinajstić information content (AvgIpc) is 2.82. The number of benzene rings is 1. The van der Waals surface area contributed by atoms with Gasteiger partial charge >= 0.3 is 0 Å². The van der Waals surface area contributed by atoms with Crippen LogP contribution in [0.2, 0.25) is 0 Å². The van der Waals surface area contributed by atoms with Crippen LogP contribution in [-0.4, -0.2) is 26.0 Å². The van der Waals surface area contributed by atoms with Crippen molar-refractivity contribution in [2.45, 2.75) is 17.4 Å². The van der Waals surface area contributed by atoms with Crippen LogP contribution in [0, 0.1) is 17.0 Å². The smallest absolute Gasteiger partial charge is 0.269 e. The molecule has 0 fully saturated rings. The van der Waals surface area contributed by atoms with Crippen LogP contribution in [-0.2, 0) is 0 Å². The highest BCUT2D eigenvalue weighted by molar-refractivity contribution is 8.01. The van der Waals surface area contributed by atoms with Gasteiger partial charge < -0.3 is 5.11 Å². The first-order valence-electron chi connectivity index (χ1n) is 5.41. The zero-order chi connectivity index (χ0) is 13.8. The number of non-ortho nitro benzene ring substituents is 1. The van der Waals surface area contributed by atoms with Gasteiger partial charge in [-0.3, -0.25) is 10.1 Å². The number of aromatic nitrogens is 2. The molecule has 0 saturated carbocycles. The van der Waals surface area contributed by atoms with Gasteiger partial charge in [0.2, 0.25) is 0 Å². The maximum absolute atomic E-state index is 10.7. The molecule has 1 unspecified atom stereocenters. The molecule has 1 N–H and O–H groups in total. The van der Waals surface area contributed by atoms with E-state index in [1.165, 1.54) is 35.2 Å². The molecular formula is C11H11N3O3S2. The van der Waals surface area contributed by atoms with Crippen molar-refractivity contribution in [3.63, 3.8) is 0 Å². The zero-order valence-corrected chi connectivity index (χ0v) is 11.6. The van der Waals surface area contributed by atoms with E-state index in [0.717, 1.165) is 9.35 Å². The molecule has 1 aromatic heterocycles. The lowest BCUT2D eigenvalue weighted by Gasteiger charge is -2.08. The van der Waals surface area contributed by atoms with Crippen molar-refractivity contribution in [2.24, 2.45) is 0 Å². The van der Waals surface area contributed by atoms with Crippen molar-refractivity contribution in [1.82, 2.24) is 10.2 Å². The Morgan fingerprint density at radius 2 is 2.32 bits per heavy atom. The van der Waals surface area contributed by atoms with Gasteiger partial charge in [0.05, 0.1) is 11.0 Å². The lowest BCUT2D eigenvalue weighted by atomic mass is 10.1. The summed E-state index contributed by atoms with van der Waals surface area (Å²) in [4.78, 5) is 10.2. The average molecular weight is 297 g/mol. The van der Waals surface area contributed by atoms with Gasteiger partial charge in [-0.1, -0.05) is 35.2 Å². The number of thioether (sulfide) groups is 1. The molecule has 6 nitrogen and oxygen atoms in total. The number of aliphatic hydroxyl groups is 1. The molecular weight excluding hydrogens is 286 g/mol. The predicted octanol–water partition coefficient (Wildman–Crippen LogP) is 2.58. The fourth-order valence-corrected chi connectivity index (χ4v) is 3.24. The molecule has 0 radical (unpaired) electrons. The van der Waals surface area contributed by atoms with E-state index < -0.39 is 11.0 Å². The number of aliphatic hydroxyl groups excluding tert-OH is 1. The van der Waals surface area contributed by atoms with Crippen molar-refractivity contribution >= 4 is 28.8 Å². The van der Waals surface area contributed by atoms with E-state index in [-0.39, 0.29) is 5.69 Å². The van der Waals surface area contributed by atoms with Gasteiger partial charge in [0.1, 0.15) is 5.01 Å². The van der Waals surface area contributed by atoms with Gasteiger partial charge in [-0.15, -0.1) is 10.2 Å². The lowest BCUT2D eigenvalue weighted by Crippen LogP contribution is -2.01. The third-order valence-corrected chi connectivity index (χ3v) is 4.39. The van der Waals surface area contributed by atoms with Gasteiger partial charge in [0, 0.05) is 17.9 Å². The molecule has 0 bridgehead atoms. The van der Waals surface area contributed by atoms with Crippen LogP contribution in [0.1, 0.15) is 16.7 Å². The summed E-state index contributed by atoms with van der Waals surface area (Å²) >= 11 is 2.84. The summed E-state index contributed by atoms with van der Waals surface area (Å²) < 4.78 is 0.780. The van der Waals surface area contributed by atoms with Gasteiger partial charge in [0.15, 0.2) is 4.34 Å². The summed E-state index contributed by atoms with van der Waals surface area (Å²) in [5.41, 5.74) is 0.510. The van der Waals surface area contributed by atoms with Crippen LogP contribution in [0.15, 0.2) is 28.6 Å². The molecule has 0 aliphatic heterocycles. The Hall–Kier alpha value is -1.51. The summed E-state index contributed by atoms with van der Waals surface area (Å²) in [6.45, 7) is 1.86. The minimum absolute atomic E-state index is 0.0201. The van der Waals surface area contributed by atoms with Crippen molar-refractivity contribution in [2.75, 3.05) is 5.75 Å².